The van der Waals surface area contributed by atoms with Crippen molar-refractivity contribution in [3.63, 3.8) is 0 Å². The highest BCUT2D eigenvalue weighted by Crippen LogP contribution is 2.18. The highest BCUT2D eigenvalue weighted by atomic mass is 16.3. The second-order valence-electron chi connectivity index (χ2n) is 22.8. The molecule has 4 unspecified atom stereocenters. The van der Waals surface area contributed by atoms with Gasteiger partial charge in [-0.15, -0.1) is 0 Å². The third-order valence-electron chi connectivity index (χ3n) is 15.4. The van der Waals surface area contributed by atoms with Gasteiger partial charge in [-0.2, -0.15) is 0 Å². The van der Waals surface area contributed by atoms with Crippen molar-refractivity contribution in [3.8, 4) is 0 Å². The monoisotopic (exact) mass is 1050 g/mol. The van der Waals surface area contributed by atoms with Crippen molar-refractivity contribution in [3.05, 3.63) is 60.8 Å². The molecular formula is C69H129NO5. The Morgan fingerprint density at radius 1 is 0.333 bits per heavy atom. The largest absolute Gasteiger partial charge is 0.394 e. The lowest BCUT2D eigenvalue weighted by atomic mass is 10.00. The molecule has 0 aliphatic carbocycles. The van der Waals surface area contributed by atoms with E-state index >= 15 is 0 Å². The molecule has 0 fully saturated rings. The number of allylic oxidation sites excluding steroid dienone is 10. The number of nitrogens with one attached hydrogen (secondary N) is 1. The minimum Gasteiger partial charge on any atom is -0.394 e. The van der Waals surface area contributed by atoms with Gasteiger partial charge >= 0.3 is 0 Å². The van der Waals surface area contributed by atoms with Crippen LogP contribution >= 0.6 is 0 Å². The van der Waals surface area contributed by atoms with E-state index in [0.29, 0.717) is 19.3 Å². The van der Waals surface area contributed by atoms with E-state index in [0.717, 1.165) is 57.8 Å². The van der Waals surface area contributed by atoms with Crippen molar-refractivity contribution in [2.75, 3.05) is 6.61 Å². The number of hydrogen-bond donors (Lipinski definition) is 5. The van der Waals surface area contributed by atoms with E-state index < -0.39 is 36.9 Å². The van der Waals surface area contributed by atoms with Gasteiger partial charge in [-0.25, -0.2) is 0 Å². The number of carbonyl (C=O) groups is 1. The number of unbranched alkanes of at least 4 members (excludes halogenated alkanes) is 42. The van der Waals surface area contributed by atoms with Crippen LogP contribution in [0.1, 0.15) is 341 Å². The Bertz CT molecular complexity index is 1270. The summed E-state index contributed by atoms with van der Waals surface area (Å²) in [7, 11) is 0. The Balaban J connectivity index is 3.66. The Hall–Kier alpha value is -1.99. The van der Waals surface area contributed by atoms with E-state index in [9.17, 15) is 25.2 Å². The second-order valence-corrected chi connectivity index (χ2v) is 22.8. The van der Waals surface area contributed by atoms with E-state index in [1.807, 2.05) is 0 Å². The molecule has 440 valence electrons. The highest BCUT2D eigenvalue weighted by molar-refractivity contribution is 5.80. The van der Waals surface area contributed by atoms with Crippen LogP contribution in [0.2, 0.25) is 0 Å². The lowest BCUT2D eigenvalue weighted by Crippen LogP contribution is -2.53. The van der Waals surface area contributed by atoms with Crippen LogP contribution in [0, 0.1) is 0 Å². The molecule has 0 saturated heterocycles. The molecule has 6 nitrogen and oxygen atoms in total. The molecule has 0 heterocycles. The smallest absolute Gasteiger partial charge is 0.249 e. The SMILES string of the molecule is CCCCCCCCCCC/C=C\C/C=C\CCCCCCCCCCCCCCC(O)C(=O)NC(CO)C(O)C(O)CCC/C=C/CC/C=C/CC/C=C/CCCCCCCCCCCCCCCCCCCC. The Kier molecular flexibility index (Phi) is 61.2. The molecule has 0 rings (SSSR count). The normalized spacial score (nSPS) is 13.9. The van der Waals surface area contributed by atoms with Gasteiger partial charge in [0.2, 0.25) is 5.91 Å². The third-order valence-corrected chi connectivity index (χ3v) is 15.4. The number of rotatable bonds is 61. The average Bonchev–Trinajstić information content (AvgIpc) is 3.42. The van der Waals surface area contributed by atoms with Gasteiger partial charge in [-0.3, -0.25) is 4.79 Å². The average molecular weight is 1050 g/mol. The fraction of sp³-hybridized carbons (Fsp3) is 0.841. The lowest BCUT2D eigenvalue weighted by molar-refractivity contribution is -0.132. The zero-order valence-electron chi connectivity index (χ0n) is 50.0. The molecule has 0 radical (unpaired) electrons. The second kappa shape index (κ2) is 62.8. The van der Waals surface area contributed by atoms with Crippen LogP contribution in [0.4, 0.5) is 0 Å². The summed E-state index contributed by atoms with van der Waals surface area (Å²) in [5.41, 5.74) is 0. The standard InChI is InChI=1S/C69H129NO5/c1-3-5-7-9-11-13-15-17-19-21-23-25-27-29-31-33-34-35-37-38-40-42-44-46-48-50-52-54-56-58-60-62-66(72)68(74)65(64-71)70-69(75)67(73)63-61-59-57-55-53-51-49-47-45-43-41-39-36-32-30-28-26-24-22-20-18-16-14-12-10-8-6-4-2/h24,26,30,32,38,40,46,48,54,56,65-68,71-74H,3-23,25,27-29,31,33-37,39,41-45,47,49-53,55,57-64H2,1-2H3,(H,70,75)/b26-24-,32-30-,40-38+,48-46+,56-54+. The van der Waals surface area contributed by atoms with Gasteiger partial charge < -0.3 is 25.7 Å². The summed E-state index contributed by atoms with van der Waals surface area (Å²) < 4.78 is 0. The molecule has 4 atom stereocenters. The van der Waals surface area contributed by atoms with Crippen molar-refractivity contribution in [2.24, 2.45) is 0 Å². The van der Waals surface area contributed by atoms with Gasteiger partial charge in [-0.1, -0.05) is 306 Å². The molecule has 6 heteroatoms. The molecule has 0 aromatic rings. The maximum absolute atomic E-state index is 12.6. The lowest BCUT2D eigenvalue weighted by Gasteiger charge is -2.27. The highest BCUT2D eigenvalue weighted by Gasteiger charge is 2.28. The molecule has 0 bridgehead atoms. The molecule has 5 N–H and O–H groups in total. The topological polar surface area (TPSA) is 110 Å². The van der Waals surface area contributed by atoms with Crippen LogP contribution in [0.25, 0.3) is 0 Å². The molecule has 0 aliphatic rings. The van der Waals surface area contributed by atoms with Crippen LogP contribution in [-0.2, 0) is 4.79 Å². The Morgan fingerprint density at radius 3 is 0.920 bits per heavy atom. The predicted octanol–water partition coefficient (Wildman–Crippen LogP) is 20.3. The van der Waals surface area contributed by atoms with Crippen molar-refractivity contribution in [1.29, 1.82) is 0 Å². The number of aliphatic hydroxyl groups is 4. The van der Waals surface area contributed by atoms with E-state index in [1.165, 1.54) is 250 Å². The first-order valence-corrected chi connectivity index (χ1v) is 33.2. The van der Waals surface area contributed by atoms with Gasteiger partial charge in [0.15, 0.2) is 0 Å². The minimum atomic E-state index is -1.30. The van der Waals surface area contributed by atoms with Crippen LogP contribution in [0.15, 0.2) is 60.8 Å². The molecule has 0 saturated carbocycles. The molecule has 0 spiro atoms. The summed E-state index contributed by atoms with van der Waals surface area (Å²) in [6, 6.07) is -1.02. The summed E-state index contributed by atoms with van der Waals surface area (Å²) in [5.74, 6) is -0.598. The van der Waals surface area contributed by atoms with Gasteiger partial charge in [0.25, 0.3) is 0 Å². The Labute approximate surface area is 467 Å². The summed E-state index contributed by atoms with van der Waals surface area (Å²) in [5, 5.41) is 44.1. The van der Waals surface area contributed by atoms with Gasteiger partial charge in [0.05, 0.1) is 18.8 Å². The molecule has 0 aromatic heterocycles. The zero-order valence-corrected chi connectivity index (χ0v) is 50.0. The van der Waals surface area contributed by atoms with E-state index in [-0.39, 0.29) is 0 Å². The summed E-state index contributed by atoms with van der Waals surface area (Å²) >= 11 is 0. The molecule has 1 amide bonds. The maximum Gasteiger partial charge on any atom is 0.249 e. The maximum atomic E-state index is 12.6. The first-order valence-electron chi connectivity index (χ1n) is 33.2. The molecule has 0 aromatic carbocycles. The summed E-state index contributed by atoms with van der Waals surface area (Å²) in [4.78, 5) is 12.6. The number of aliphatic hydroxyl groups excluding tert-OH is 4. The first-order chi connectivity index (χ1) is 37.0. The number of amides is 1. The van der Waals surface area contributed by atoms with Gasteiger partial charge in [0, 0.05) is 0 Å². The third kappa shape index (κ3) is 56.5. The van der Waals surface area contributed by atoms with Crippen LogP contribution < -0.4 is 5.32 Å². The van der Waals surface area contributed by atoms with Crippen molar-refractivity contribution in [2.45, 2.75) is 366 Å². The molecular weight excluding hydrogens is 923 g/mol. The van der Waals surface area contributed by atoms with Crippen molar-refractivity contribution >= 4 is 5.91 Å². The predicted molar refractivity (Wildman–Crippen MR) is 330 cm³/mol. The molecule has 0 aliphatic heterocycles. The van der Waals surface area contributed by atoms with Crippen LogP contribution in [0.3, 0.4) is 0 Å². The van der Waals surface area contributed by atoms with Crippen molar-refractivity contribution in [1.82, 2.24) is 5.32 Å². The summed E-state index contributed by atoms with van der Waals surface area (Å²) in [6.07, 6.45) is 83.3. The van der Waals surface area contributed by atoms with Crippen molar-refractivity contribution < 1.29 is 25.2 Å². The minimum absolute atomic E-state index is 0.355. The zero-order chi connectivity index (χ0) is 54.4. The number of carbonyl (C=O) groups excluding carboxylic acids is 1. The van der Waals surface area contributed by atoms with Crippen LogP contribution in [0.5, 0.6) is 0 Å². The fourth-order valence-corrected chi connectivity index (χ4v) is 10.2. The quantitative estimate of drug-likeness (QED) is 0.0308. The van der Waals surface area contributed by atoms with Gasteiger partial charge in [0.1, 0.15) is 12.2 Å². The first kappa shape index (κ1) is 73.0. The summed E-state index contributed by atoms with van der Waals surface area (Å²) in [6.45, 7) is 4.08. The number of hydrogen-bond acceptors (Lipinski definition) is 5. The van der Waals surface area contributed by atoms with E-state index in [1.54, 1.807) is 0 Å². The molecule has 75 heavy (non-hydrogen) atoms. The van der Waals surface area contributed by atoms with Gasteiger partial charge in [-0.05, 0) is 96.3 Å². The Morgan fingerprint density at radius 2 is 0.600 bits per heavy atom. The van der Waals surface area contributed by atoms with Crippen LogP contribution in [-0.4, -0.2) is 57.3 Å². The van der Waals surface area contributed by atoms with E-state index in [2.05, 4.69) is 79.9 Å². The fourth-order valence-electron chi connectivity index (χ4n) is 10.2. The van der Waals surface area contributed by atoms with E-state index in [4.69, 9.17) is 0 Å².